The number of hydrogen-bond acceptors (Lipinski definition) is 7. The normalized spacial score (nSPS) is 13.8. The number of carbonyl (C=O) groups is 3. The summed E-state index contributed by atoms with van der Waals surface area (Å²) in [6.07, 6.45) is -0.00849. The summed E-state index contributed by atoms with van der Waals surface area (Å²) in [5.74, 6) is -1.44. The fraction of sp³-hybridized carbons (Fsp3) is 0.318. The Balaban J connectivity index is 2.07. The van der Waals surface area contributed by atoms with Gasteiger partial charge in [0, 0.05) is 5.75 Å². The standard InChI is InChI=1S/C22H23ClN2O7S/c1-3-32-18-11-13(7-8-17(18)31-2)16(9-10-33(29)30)25-21(27)14-5-4-6-15(20(14)22(25)28)24-19(26)12-23/h4-8,11,16,33H,3,9-10,12H2,1-2H3,(H,24,26). The Hall–Kier alpha value is -3.11. The van der Waals surface area contributed by atoms with E-state index >= 15 is 0 Å². The minimum absolute atomic E-state index is 0.00849. The van der Waals surface area contributed by atoms with Crippen molar-refractivity contribution in [1.82, 2.24) is 4.90 Å². The first-order valence-electron chi connectivity index (χ1n) is 10.1. The number of halogens is 1. The van der Waals surface area contributed by atoms with Gasteiger partial charge in [-0.25, -0.2) is 8.42 Å². The molecule has 0 spiro atoms. The molecular weight excluding hydrogens is 472 g/mol. The van der Waals surface area contributed by atoms with Gasteiger partial charge in [0.1, 0.15) is 16.6 Å². The Morgan fingerprint density at radius 2 is 1.91 bits per heavy atom. The number of imide groups is 1. The summed E-state index contributed by atoms with van der Waals surface area (Å²) in [5.41, 5.74) is 0.827. The third-order valence-electron chi connectivity index (χ3n) is 5.11. The smallest absolute Gasteiger partial charge is 0.264 e. The lowest BCUT2D eigenvalue weighted by molar-refractivity contribution is -0.113. The number of nitrogens with one attached hydrogen (secondary N) is 1. The average Bonchev–Trinajstić information content (AvgIpc) is 3.05. The molecule has 2 aromatic rings. The summed E-state index contributed by atoms with van der Waals surface area (Å²) < 4.78 is 33.6. The SMILES string of the molecule is CCOc1cc(C(CC[SH](=O)=O)N2C(=O)c3cccc(NC(=O)CCl)c3C2=O)ccc1OC. The largest absolute Gasteiger partial charge is 0.493 e. The topological polar surface area (TPSA) is 119 Å². The van der Waals surface area contributed by atoms with Crippen molar-refractivity contribution in [2.75, 3.05) is 30.7 Å². The van der Waals surface area contributed by atoms with Crippen molar-refractivity contribution in [2.45, 2.75) is 19.4 Å². The Labute approximate surface area is 197 Å². The predicted octanol–water partition coefficient (Wildman–Crippen LogP) is 2.61. The third kappa shape index (κ3) is 5.12. The van der Waals surface area contributed by atoms with Gasteiger partial charge in [-0.05, 0) is 43.2 Å². The van der Waals surface area contributed by atoms with E-state index in [9.17, 15) is 22.8 Å². The molecule has 0 fully saturated rings. The molecule has 0 radical (unpaired) electrons. The first kappa shape index (κ1) is 24.5. The number of carbonyl (C=O) groups excluding carboxylic acids is 3. The number of anilines is 1. The Kier molecular flexibility index (Phi) is 7.93. The molecule has 0 aliphatic carbocycles. The van der Waals surface area contributed by atoms with Crippen molar-refractivity contribution in [3.8, 4) is 11.5 Å². The fourth-order valence-electron chi connectivity index (χ4n) is 3.72. The average molecular weight is 495 g/mol. The lowest BCUT2D eigenvalue weighted by Crippen LogP contribution is -2.35. The highest BCUT2D eigenvalue weighted by Crippen LogP contribution is 2.39. The fourth-order valence-corrected chi connectivity index (χ4v) is 4.24. The van der Waals surface area contributed by atoms with Crippen LogP contribution in [0.1, 0.15) is 45.7 Å². The van der Waals surface area contributed by atoms with Crippen LogP contribution in [-0.4, -0.2) is 56.4 Å². The molecule has 0 saturated carbocycles. The van der Waals surface area contributed by atoms with Crippen molar-refractivity contribution in [3.63, 3.8) is 0 Å². The van der Waals surface area contributed by atoms with Gasteiger partial charge in [-0.3, -0.25) is 19.3 Å². The second-order valence-electron chi connectivity index (χ2n) is 7.09. The molecule has 2 aromatic carbocycles. The van der Waals surface area contributed by atoms with E-state index < -0.39 is 34.5 Å². The Morgan fingerprint density at radius 1 is 1.15 bits per heavy atom. The molecule has 176 valence electrons. The molecule has 33 heavy (non-hydrogen) atoms. The molecule has 0 aromatic heterocycles. The highest BCUT2D eigenvalue weighted by molar-refractivity contribution is 7.72. The van der Waals surface area contributed by atoms with E-state index in [4.69, 9.17) is 21.1 Å². The summed E-state index contributed by atoms with van der Waals surface area (Å²) in [6.45, 7) is 2.15. The van der Waals surface area contributed by atoms with E-state index in [1.165, 1.54) is 19.2 Å². The van der Waals surface area contributed by atoms with Crippen molar-refractivity contribution in [3.05, 3.63) is 53.1 Å². The molecule has 1 unspecified atom stereocenters. The predicted molar refractivity (Wildman–Crippen MR) is 123 cm³/mol. The molecule has 3 amide bonds. The van der Waals surface area contributed by atoms with Gasteiger partial charge < -0.3 is 14.8 Å². The number of thiol groups is 1. The molecule has 0 bridgehead atoms. The van der Waals surface area contributed by atoms with Crippen molar-refractivity contribution in [1.29, 1.82) is 0 Å². The summed E-state index contributed by atoms with van der Waals surface area (Å²) in [4.78, 5) is 39.5. The van der Waals surface area contributed by atoms with Gasteiger partial charge in [0.25, 0.3) is 11.8 Å². The zero-order chi connectivity index (χ0) is 24.1. The van der Waals surface area contributed by atoms with E-state index in [0.717, 1.165) is 4.90 Å². The summed E-state index contributed by atoms with van der Waals surface area (Å²) in [6, 6.07) is 8.57. The minimum Gasteiger partial charge on any atom is -0.493 e. The number of rotatable bonds is 10. The van der Waals surface area contributed by atoms with Crippen LogP contribution in [0.5, 0.6) is 11.5 Å². The zero-order valence-corrected chi connectivity index (χ0v) is 19.7. The lowest BCUT2D eigenvalue weighted by Gasteiger charge is -2.27. The van der Waals surface area contributed by atoms with E-state index in [1.807, 2.05) is 0 Å². The van der Waals surface area contributed by atoms with Crippen LogP contribution in [0.3, 0.4) is 0 Å². The van der Waals surface area contributed by atoms with Gasteiger partial charge in [0.15, 0.2) is 11.5 Å². The van der Waals surface area contributed by atoms with Crippen LogP contribution in [0, 0.1) is 0 Å². The van der Waals surface area contributed by atoms with Crippen molar-refractivity contribution < 1.29 is 32.3 Å². The molecular formula is C22H23ClN2O7S. The van der Waals surface area contributed by atoms with Gasteiger partial charge in [0.05, 0.1) is 36.6 Å². The molecule has 9 nitrogen and oxygen atoms in total. The molecule has 1 atom stereocenters. The maximum Gasteiger partial charge on any atom is 0.264 e. The highest BCUT2D eigenvalue weighted by Gasteiger charge is 2.42. The number of amides is 3. The second kappa shape index (κ2) is 10.7. The number of benzene rings is 2. The van der Waals surface area contributed by atoms with E-state index in [0.29, 0.717) is 23.7 Å². The zero-order valence-electron chi connectivity index (χ0n) is 18.0. The van der Waals surface area contributed by atoms with Crippen molar-refractivity contribution in [2.24, 2.45) is 0 Å². The number of hydrogen-bond donors (Lipinski definition) is 2. The molecule has 1 heterocycles. The number of methoxy groups -OCH3 is 1. The van der Waals surface area contributed by atoms with Crippen LogP contribution in [0.2, 0.25) is 0 Å². The minimum atomic E-state index is -2.75. The van der Waals surface area contributed by atoms with Crippen LogP contribution in [0.15, 0.2) is 36.4 Å². The Bertz CT molecular complexity index is 1160. The first-order chi connectivity index (χ1) is 15.8. The monoisotopic (exact) mass is 494 g/mol. The van der Waals surface area contributed by atoms with E-state index in [-0.39, 0.29) is 34.9 Å². The van der Waals surface area contributed by atoms with Crippen LogP contribution in [-0.2, 0) is 15.5 Å². The Morgan fingerprint density at radius 3 is 2.55 bits per heavy atom. The molecule has 1 N–H and O–H groups in total. The molecule has 1 aliphatic heterocycles. The van der Waals surface area contributed by atoms with Gasteiger partial charge in [-0.1, -0.05) is 12.1 Å². The van der Waals surface area contributed by atoms with Crippen LogP contribution >= 0.6 is 11.6 Å². The van der Waals surface area contributed by atoms with Crippen molar-refractivity contribution >= 4 is 45.7 Å². The molecule has 1 aliphatic rings. The maximum absolute atomic E-state index is 13.4. The number of ether oxygens (including phenoxy) is 2. The number of fused-ring (bicyclic) bond motifs is 1. The van der Waals surface area contributed by atoms with Crippen LogP contribution in [0.4, 0.5) is 5.69 Å². The number of alkyl halides is 1. The first-order valence-corrected chi connectivity index (χ1v) is 12.0. The molecule has 11 heteroatoms. The number of nitrogens with zero attached hydrogens (tertiary/aromatic N) is 1. The van der Waals surface area contributed by atoms with E-state index in [1.54, 1.807) is 31.2 Å². The quantitative estimate of drug-likeness (QED) is 0.296. The molecule has 0 saturated heterocycles. The van der Waals surface area contributed by atoms with Crippen LogP contribution < -0.4 is 14.8 Å². The second-order valence-corrected chi connectivity index (χ2v) is 8.47. The van der Waals surface area contributed by atoms with E-state index in [2.05, 4.69) is 5.32 Å². The summed E-state index contributed by atoms with van der Waals surface area (Å²) in [5, 5.41) is 2.53. The molecule has 3 rings (SSSR count). The summed E-state index contributed by atoms with van der Waals surface area (Å²) >= 11 is 5.56. The van der Waals surface area contributed by atoms with Gasteiger partial charge in [-0.15, -0.1) is 11.6 Å². The highest BCUT2D eigenvalue weighted by atomic mass is 35.5. The van der Waals surface area contributed by atoms with Gasteiger partial charge in [-0.2, -0.15) is 0 Å². The third-order valence-corrected chi connectivity index (χ3v) is 5.98. The summed E-state index contributed by atoms with van der Waals surface area (Å²) in [7, 11) is -1.26. The van der Waals surface area contributed by atoms with Crippen LogP contribution in [0.25, 0.3) is 0 Å². The maximum atomic E-state index is 13.4. The lowest BCUT2D eigenvalue weighted by atomic mass is 10.0. The van der Waals surface area contributed by atoms with Gasteiger partial charge >= 0.3 is 0 Å². The van der Waals surface area contributed by atoms with Gasteiger partial charge in [0.2, 0.25) is 5.91 Å².